The van der Waals surface area contributed by atoms with Gasteiger partial charge in [0.2, 0.25) is 5.13 Å². The lowest BCUT2D eigenvalue weighted by Gasteiger charge is -2.04. The summed E-state index contributed by atoms with van der Waals surface area (Å²) >= 11 is 7.21. The third kappa shape index (κ3) is 4.14. The van der Waals surface area contributed by atoms with Crippen molar-refractivity contribution in [1.82, 2.24) is 10.2 Å². The zero-order valence-electron chi connectivity index (χ0n) is 10.8. The molecule has 0 saturated heterocycles. The minimum Gasteiger partial charge on any atom is -0.356 e. The molecule has 0 aliphatic carbocycles. The summed E-state index contributed by atoms with van der Waals surface area (Å²) < 4.78 is 13.6. The van der Waals surface area contributed by atoms with E-state index >= 15 is 0 Å². The van der Waals surface area contributed by atoms with Gasteiger partial charge in [-0.2, -0.15) is 0 Å². The van der Waals surface area contributed by atoms with Crippen LogP contribution in [0.2, 0.25) is 5.02 Å². The highest BCUT2D eigenvalue weighted by molar-refractivity contribution is 7.15. The van der Waals surface area contributed by atoms with Crippen molar-refractivity contribution in [2.45, 2.75) is 26.8 Å². The largest absolute Gasteiger partial charge is 0.356 e. The molecule has 1 aromatic heterocycles. The molecule has 0 fully saturated rings. The van der Waals surface area contributed by atoms with Crippen molar-refractivity contribution in [2.24, 2.45) is 5.92 Å². The van der Waals surface area contributed by atoms with Gasteiger partial charge in [-0.3, -0.25) is 0 Å². The molecule has 0 spiro atoms. The van der Waals surface area contributed by atoms with E-state index in [9.17, 15) is 4.39 Å². The number of rotatable bonds is 5. The van der Waals surface area contributed by atoms with Gasteiger partial charge in [-0.1, -0.05) is 42.9 Å². The molecule has 0 aliphatic heterocycles. The predicted octanol–water partition coefficient (Wildman–Crippen LogP) is 4.14. The molecule has 6 heteroatoms. The molecule has 1 aromatic carbocycles. The van der Waals surface area contributed by atoms with Crippen LogP contribution in [0.15, 0.2) is 18.2 Å². The quantitative estimate of drug-likeness (QED) is 0.901. The Morgan fingerprint density at radius 2 is 2.16 bits per heavy atom. The van der Waals surface area contributed by atoms with Crippen molar-refractivity contribution in [2.75, 3.05) is 5.32 Å². The van der Waals surface area contributed by atoms with Crippen molar-refractivity contribution in [3.8, 4) is 0 Å². The third-order valence-electron chi connectivity index (χ3n) is 2.49. The number of hydrogen-bond acceptors (Lipinski definition) is 4. The number of nitrogens with zero attached hydrogens (tertiary/aromatic N) is 2. The highest BCUT2D eigenvalue weighted by Crippen LogP contribution is 2.20. The monoisotopic (exact) mass is 299 g/mol. The molecule has 0 radical (unpaired) electrons. The highest BCUT2D eigenvalue weighted by atomic mass is 35.5. The van der Waals surface area contributed by atoms with Crippen LogP contribution < -0.4 is 5.32 Å². The number of anilines is 1. The van der Waals surface area contributed by atoms with Gasteiger partial charge in [0.05, 0.1) is 0 Å². The first-order valence-corrected chi connectivity index (χ1v) is 7.24. The van der Waals surface area contributed by atoms with Crippen LogP contribution in [-0.2, 0) is 13.0 Å². The van der Waals surface area contributed by atoms with Crippen molar-refractivity contribution in [1.29, 1.82) is 0 Å². The summed E-state index contributed by atoms with van der Waals surface area (Å²) in [5, 5.41) is 13.3. The van der Waals surface area contributed by atoms with Crippen LogP contribution in [0.5, 0.6) is 0 Å². The zero-order chi connectivity index (χ0) is 13.8. The SMILES string of the molecule is CC(C)Cc1nnc(NCc2ccc(Cl)cc2F)s1. The molecular formula is C13H15ClFN3S. The molecule has 1 N–H and O–H groups in total. The van der Waals surface area contributed by atoms with Gasteiger partial charge in [0.1, 0.15) is 10.8 Å². The molecule has 2 aromatic rings. The number of aromatic nitrogens is 2. The first kappa shape index (κ1) is 14.2. The highest BCUT2D eigenvalue weighted by Gasteiger charge is 2.07. The summed E-state index contributed by atoms with van der Waals surface area (Å²) in [6.07, 6.45) is 0.911. The maximum absolute atomic E-state index is 13.6. The molecule has 0 aliphatic rings. The van der Waals surface area contributed by atoms with Crippen molar-refractivity contribution in [3.63, 3.8) is 0 Å². The van der Waals surface area contributed by atoms with Crippen LogP contribution in [-0.4, -0.2) is 10.2 Å². The van der Waals surface area contributed by atoms with Gasteiger partial charge in [0.15, 0.2) is 0 Å². The molecule has 0 bridgehead atoms. The van der Waals surface area contributed by atoms with Gasteiger partial charge in [0, 0.05) is 23.6 Å². The van der Waals surface area contributed by atoms with Gasteiger partial charge in [-0.25, -0.2) is 4.39 Å². The topological polar surface area (TPSA) is 37.8 Å². The van der Waals surface area contributed by atoms with E-state index in [2.05, 4.69) is 29.4 Å². The second kappa shape index (κ2) is 6.30. The fourth-order valence-corrected chi connectivity index (χ4v) is 2.70. The smallest absolute Gasteiger partial charge is 0.205 e. The number of nitrogens with one attached hydrogen (secondary N) is 1. The van der Waals surface area contributed by atoms with E-state index in [4.69, 9.17) is 11.6 Å². The van der Waals surface area contributed by atoms with Crippen molar-refractivity contribution >= 4 is 28.1 Å². The lowest BCUT2D eigenvalue weighted by molar-refractivity contribution is 0.613. The molecule has 0 unspecified atom stereocenters. The standard InChI is InChI=1S/C13H15ClFN3S/c1-8(2)5-12-17-18-13(19-12)16-7-9-3-4-10(14)6-11(9)15/h3-4,6,8H,5,7H2,1-2H3,(H,16,18). The van der Waals surface area contributed by atoms with Crippen LogP contribution in [0.3, 0.4) is 0 Å². The Bertz CT molecular complexity index is 557. The van der Waals surface area contributed by atoms with E-state index in [-0.39, 0.29) is 5.82 Å². The second-order valence-corrected chi connectivity index (χ2v) is 6.19. The lowest BCUT2D eigenvalue weighted by Crippen LogP contribution is -2.01. The number of halogens is 2. The zero-order valence-corrected chi connectivity index (χ0v) is 12.4. The average molecular weight is 300 g/mol. The van der Waals surface area contributed by atoms with Gasteiger partial charge in [-0.15, -0.1) is 10.2 Å². The summed E-state index contributed by atoms with van der Waals surface area (Å²) in [4.78, 5) is 0. The van der Waals surface area contributed by atoms with E-state index in [1.165, 1.54) is 17.4 Å². The van der Waals surface area contributed by atoms with E-state index < -0.39 is 0 Å². The number of benzene rings is 1. The minimum absolute atomic E-state index is 0.313. The Balaban J connectivity index is 1.96. The Kier molecular flexibility index (Phi) is 4.71. The first-order valence-electron chi connectivity index (χ1n) is 6.05. The third-order valence-corrected chi connectivity index (χ3v) is 3.63. The van der Waals surface area contributed by atoms with Gasteiger partial charge in [-0.05, 0) is 18.1 Å². The van der Waals surface area contributed by atoms with E-state index in [0.29, 0.717) is 28.2 Å². The van der Waals surface area contributed by atoms with Gasteiger partial charge < -0.3 is 5.32 Å². The maximum atomic E-state index is 13.6. The molecule has 0 atom stereocenters. The fraction of sp³-hybridized carbons (Fsp3) is 0.385. The molecule has 102 valence electrons. The van der Waals surface area contributed by atoms with Crippen LogP contribution in [0.1, 0.15) is 24.4 Å². The van der Waals surface area contributed by atoms with E-state index in [1.54, 1.807) is 12.1 Å². The minimum atomic E-state index is -0.313. The summed E-state index contributed by atoms with van der Waals surface area (Å²) in [7, 11) is 0. The Morgan fingerprint density at radius 3 is 2.84 bits per heavy atom. The lowest BCUT2D eigenvalue weighted by atomic mass is 10.1. The van der Waals surface area contributed by atoms with Crippen molar-refractivity contribution in [3.05, 3.63) is 39.6 Å². The van der Waals surface area contributed by atoms with Crippen molar-refractivity contribution < 1.29 is 4.39 Å². The summed E-state index contributed by atoms with van der Waals surface area (Å²) in [6, 6.07) is 4.65. The van der Waals surface area contributed by atoms with Gasteiger partial charge in [0.25, 0.3) is 0 Å². The van der Waals surface area contributed by atoms with E-state index in [0.717, 1.165) is 11.4 Å². The summed E-state index contributed by atoms with van der Waals surface area (Å²) in [6.45, 7) is 4.65. The van der Waals surface area contributed by atoms with Crippen LogP contribution >= 0.6 is 22.9 Å². The van der Waals surface area contributed by atoms with Gasteiger partial charge >= 0.3 is 0 Å². The Hall–Kier alpha value is -1.20. The summed E-state index contributed by atoms with van der Waals surface area (Å²) in [5.74, 6) is 0.237. The number of hydrogen-bond donors (Lipinski definition) is 1. The molecule has 3 nitrogen and oxygen atoms in total. The molecule has 1 heterocycles. The molecule has 0 saturated carbocycles. The second-order valence-electron chi connectivity index (χ2n) is 4.69. The summed E-state index contributed by atoms with van der Waals surface area (Å²) in [5.41, 5.74) is 0.560. The van der Waals surface area contributed by atoms with Crippen LogP contribution in [0, 0.1) is 11.7 Å². The predicted molar refractivity (Wildman–Crippen MR) is 77.2 cm³/mol. The van der Waals surface area contributed by atoms with Crippen LogP contribution in [0.25, 0.3) is 0 Å². The molecular weight excluding hydrogens is 285 g/mol. The Labute approximate surface area is 120 Å². The fourth-order valence-electron chi connectivity index (χ4n) is 1.59. The molecule has 2 rings (SSSR count). The first-order chi connectivity index (χ1) is 9.04. The maximum Gasteiger partial charge on any atom is 0.205 e. The molecule has 19 heavy (non-hydrogen) atoms. The van der Waals surface area contributed by atoms with Crippen LogP contribution in [0.4, 0.5) is 9.52 Å². The molecule has 0 amide bonds. The Morgan fingerprint density at radius 1 is 1.37 bits per heavy atom. The van der Waals surface area contributed by atoms with E-state index in [1.807, 2.05) is 0 Å². The average Bonchev–Trinajstić information content (AvgIpc) is 2.74. The normalized spacial score (nSPS) is 11.0.